The summed E-state index contributed by atoms with van der Waals surface area (Å²) in [5.74, 6) is -1.67. The van der Waals surface area contributed by atoms with Crippen molar-refractivity contribution in [1.29, 1.82) is 0 Å². The van der Waals surface area contributed by atoms with E-state index in [2.05, 4.69) is 12.1 Å². The van der Waals surface area contributed by atoms with E-state index in [-0.39, 0.29) is 11.8 Å². The Balaban J connectivity index is 0.000000515. The number of aryl methyl sites for hydroxylation is 2. The van der Waals surface area contributed by atoms with Crippen LogP contribution in [0, 0.1) is 13.8 Å². The number of aliphatic carboxylic acids is 2. The first-order valence-corrected chi connectivity index (χ1v) is 8.11. The molecule has 0 fully saturated rings. The Morgan fingerprint density at radius 1 is 1.22 bits per heavy atom. The normalized spacial score (nSPS) is 12.1. The molecular formula is C18H27ClO4. The highest BCUT2D eigenvalue weighted by molar-refractivity contribution is 6.29. The van der Waals surface area contributed by atoms with Gasteiger partial charge in [0.2, 0.25) is 0 Å². The van der Waals surface area contributed by atoms with E-state index >= 15 is 0 Å². The summed E-state index contributed by atoms with van der Waals surface area (Å²) < 4.78 is 0. The summed E-state index contributed by atoms with van der Waals surface area (Å²) in [7, 11) is 0. The van der Waals surface area contributed by atoms with Gasteiger partial charge in [0.15, 0.2) is 0 Å². The van der Waals surface area contributed by atoms with E-state index in [1.807, 2.05) is 40.7 Å². The Hall–Kier alpha value is -1.55. The van der Waals surface area contributed by atoms with Gasteiger partial charge in [-0.25, -0.2) is 0 Å². The minimum Gasteiger partial charge on any atom is -0.481 e. The molecule has 0 aliphatic carbocycles. The van der Waals surface area contributed by atoms with E-state index in [0.29, 0.717) is 6.42 Å². The predicted molar refractivity (Wildman–Crippen MR) is 93.4 cm³/mol. The molecule has 1 atom stereocenters. The van der Waals surface area contributed by atoms with Crippen LogP contribution in [0.1, 0.15) is 56.7 Å². The number of carboxylic acid groups (broad SMARTS) is 2. The Morgan fingerprint density at radius 3 is 2.17 bits per heavy atom. The van der Waals surface area contributed by atoms with Crippen LogP contribution in [-0.2, 0) is 15.0 Å². The number of hydrogen-bond acceptors (Lipinski definition) is 2. The average Bonchev–Trinajstić information content (AvgIpc) is 2.41. The molecule has 2 N–H and O–H groups in total. The quantitative estimate of drug-likeness (QED) is 0.744. The van der Waals surface area contributed by atoms with Gasteiger partial charge in [0.25, 0.3) is 0 Å². The Morgan fingerprint density at radius 2 is 1.78 bits per heavy atom. The van der Waals surface area contributed by atoms with Crippen LogP contribution in [0.25, 0.3) is 0 Å². The van der Waals surface area contributed by atoms with E-state index in [4.69, 9.17) is 21.8 Å². The Kier molecular flexibility index (Phi) is 8.91. The van der Waals surface area contributed by atoms with Crippen LogP contribution in [0.3, 0.4) is 0 Å². The second-order valence-corrected chi connectivity index (χ2v) is 6.89. The summed E-state index contributed by atoms with van der Waals surface area (Å²) in [5.41, 5.74) is 3.16. The molecule has 0 amide bonds. The molecule has 23 heavy (non-hydrogen) atoms. The molecule has 0 aromatic heterocycles. The number of alkyl halides is 1. The van der Waals surface area contributed by atoms with Crippen molar-refractivity contribution in [2.45, 2.75) is 64.7 Å². The van der Waals surface area contributed by atoms with Gasteiger partial charge < -0.3 is 10.2 Å². The first kappa shape index (κ1) is 21.4. The van der Waals surface area contributed by atoms with E-state index in [0.717, 1.165) is 17.5 Å². The molecule has 0 heterocycles. The zero-order chi connectivity index (χ0) is 18.2. The maximum atomic E-state index is 10.8. The lowest BCUT2D eigenvalue weighted by atomic mass is 9.79. The summed E-state index contributed by atoms with van der Waals surface area (Å²) in [6, 6.07) is 6.18. The van der Waals surface area contributed by atoms with Crippen molar-refractivity contribution in [3.63, 3.8) is 0 Å². The van der Waals surface area contributed by atoms with Gasteiger partial charge in [-0.3, -0.25) is 9.59 Å². The molecule has 1 unspecified atom stereocenters. The summed E-state index contributed by atoms with van der Waals surface area (Å²) >= 11 is 5.32. The third-order valence-corrected chi connectivity index (χ3v) is 3.93. The lowest BCUT2D eigenvalue weighted by Gasteiger charge is -2.25. The topological polar surface area (TPSA) is 74.6 Å². The molecule has 4 nitrogen and oxygen atoms in total. The number of benzene rings is 1. The molecule has 1 aromatic rings. The second-order valence-electron chi connectivity index (χ2n) is 6.37. The maximum Gasteiger partial charge on any atom is 0.321 e. The van der Waals surface area contributed by atoms with Crippen LogP contribution in [-0.4, -0.2) is 27.5 Å². The van der Waals surface area contributed by atoms with Gasteiger partial charge in [0, 0.05) is 5.41 Å². The van der Waals surface area contributed by atoms with Gasteiger partial charge >= 0.3 is 11.9 Å². The summed E-state index contributed by atoms with van der Waals surface area (Å²) in [6.45, 7) is 9.91. The lowest BCUT2D eigenvalue weighted by Crippen LogP contribution is -2.22. The van der Waals surface area contributed by atoms with Crippen LogP contribution in [0.2, 0.25) is 0 Å². The maximum absolute atomic E-state index is 10.8. The van der Waals surface area contributed by atoms with Crippen molar-refractivity contribution in [1.82, 2.24) is 0 Å². The number of rotatable bonds is 6. The fourth-order valence-electron chi connectivity index (χ4n) is 2.32. The molecule has 0 aliphatic rings. The lowest BCUT2D eigenvalue weighted by molar-refractivity contribution is -0.138. The van der Waals surface area contributed by atoms with E-state index in [9.17, 15) is 9.59 Å². The van der Waals surface area contributed by atoms with E-state index < -0.39 is 17.3 Å². The van der Waals surface area contributed by atoms with Crippen molar-refractivity contribution >= 4 is 23.5 Å². The number of hydrogen-bond donors (Lipinski definition) is 2. The highest BCUT2D eigenvalue weighted by Gasteiger charge is 2.25. The molecule has 0 radical (unpaired) electrons. The van der Waals surface area contributed by atoms with Crippen LogP contribution in [0.4, 0.5) is 0 Å². The minimum absolute atomic E-state index is 0.164. The molecule has 0 spiro atoms. The van der Waals surface area contributed by atoms with Crippen LogP contribution >= 0.6 is 11.6 Å². The van der Waals surface area contributed by atoms with E-state index in [1.165, 1.54) is 5.56 Å². The van der Waals surface area contributed by atoms with Gasteiger partial charge in [-0.05, 0) is 31.4 Å². The molecule has 0 bridgehead atoms. The largest absolute Gasteiger partial charge is 0.481 e. The number of halogens is 1. The zero-order valence-electron chi connectivity index (χ0n) is 14.5. The molecule has 1 aromatic carbocycles. The van der Waals surface area contributed by atoms with Crippen molar-refractivity contribution in [3.05, 3.63) is 34.9 Å². The van der Waals surface area contributed by atoms with E-state index in [1.54, 1.807) is 0 Å². The number of carbonyl (C=O) groups is 2. The van der Waals surface area contributed by atoms with Gasteiger partial charge in [-0.2, -0.15) is 0 Å². The van der Waals surface area contributed by atoms with Crippen LogP contribution in [0.5, 0.6) is 0 Å². The smallest absolute Gasteiger partial charge is 0.321 e. The van der Waals surface area contributed by atoms with Gasteiger partial charge in [-0.1, -0.05) is 51.0 Å². The Bertz CT molecular complexity index is 538. The molecule has 1 rings (SSSR count). The molecule has 0 saturated carbocycles. The van der Waals surface area contributed by atoms with Gasteiger partial charge in [0.05, 0.1) is 6.42 Å². The van der Waals surface area contributed by atoms with Crippen molar-refractivity contribution in [2.24, 2.45) is 0 Å². The minimum atomic E-state index is -0.923. The first-order chi connectivity index (χ1) is 10.5. The fraction of sp³-hybridized carbons (Fsp3) is 0.556. The zero-order valence-corrected chi connectivity index (χ0v) is 15.3. The predicted octanol–water partition coefficient (Wildman–Crippen LogP) is 4.53. The third kappa shape index (κ3) is 8.03. The fourth-order valence-corrected chi connectivity index (χ4v) is 2.53. The number of carboxylic acids is 2. The SMILES string of the molecule is CCCC(Cl)C(=O)O.Cc1ccc(C)c(C(C)(C)CC(=O)O)c1. The average molecular weight is 343 g/mol. The van der Waals surface area contributed by atoms with Crippen molar-refractivity contribution in [3.8, 4) is 0 Å². The van der Waals surface area contributed by atoms with Crippen LogP contribution < -0.4 is 0 Å². The molecular weight excluding hydrogens is 316 g/mol. The van der Waals surface area contributed by atoms with Gasteiger partial charge in [0.1, 0.15) is 5.38 Å². The summed E-state index contributed by atoms with van der Waals surface area (Å²) in [5, 5.41) is 16.4. The van der Waals surface area contributed by atoms with Crippen molar-refractivity contribution in [2.75, 3.05) is 0 Å². The first-order valence-electron chi connectivity index (χ1n) is 7.67. The highest BCUT2D eigenvalue weighted by Crippen LogP contribution is 2.30. The van der Waals surface area contributed by atoms with Gasteiger partial charge in [-0.15, -0.1) is 11.6 Å². The van der Waals surface area contributed by atoms with Crippen molar-refractivity contribution < 1.29 is 19.8 Å². The third-order valence-electron chi connectivity index (χ3n) is 3.53. The molecule has 5 heteroatoms. The molecule has 130 valence electrons. The Labute approximate surface area is 143 Å². The molecule has 0 aliphatic heterocycles. The van der Waals surface area contributed by atoms with Crippen LogP contribution in [0.15, 0.2) is 18.2 Å². The molecule has 0 saturated heterocycles. The summed E-state index contributed by atoms with van der Waals surface area (Å²) in [4.78, 5) is 20.7. The monoisotopic (exact) mass is 342 g/mol. The standard InChI is InChI=1S/C13H18O2.C5H9ClO2/c1-9-5-6-10(2)11(7-9)13(3,4)8-12(14)15;1-2-3-4(6)5(7)8/h5-7H,8H2,1-4H3,(H,14,15);4H,2-3H2,1H3,(H,7,8). The highest BCUT2D eigenvalue weighted by atomic mass is 35.5. The second kappa shape index (κ2) is 9.56. The summed E-state index contributed by atoms with van der Waals surface area (Å²) in [6.07, 6.45) is 1.54.